The van der Waals surface area contributed by atoms with Crippen LogP contribution < -0.4 is 11.1 Å². The first-order valence-corrected chi connectivity index (χ1v) is 5.75. The standard InChI is InChI=1S/C13H19FN2O/c1-9(2)12(15)7-13(17)16-8-10-3-5-11(14)6-4-10/h3-6,9,12H,7-8,15H2,1-2H3,(H,16,17). The van der Waals surface area contributed by atoms with Gasteiger partial charge in [-0.3, -0.25) is 4.79 Å². The Bertz CT molecular complexity index is 362. The summed E-state index contributed by atoms with van der Waals surface area (Å²) in [5.74, 6) is -0.0657. The third-order valence-corrected chi connectivity index (χ3v) is 2.68. The highest BCUT2D eigenvalue weighted by molar-refractivity contribution is 5.76. The molecule has 0 spiro atoms. The minimum atomic E-state index is -0.276. The predicted molar refractivity (Wildman–Crippen MR) is 65.7 cm³/mol. The number of halogens is 1. The van der Waals surface area contributed by atoms with Crippen LogP contribution in [0.25, 0.3) is 0 Å². The molecule has 0 radical (unpaired) electrons. The topological polar surface area (TPSA) is 55.1 Å². The molecule has 94 valence electrons. The molecule has 1 atom stereocenters. The van der Waals surface area contributed by atoms with Crippen LogP contribution in [0.4, 0.5) is 4.39 Å². The molecule has 0 bridgehead atoms. The summed E-state index contributed by atoms with van der Waals surface area (Å²) < 4.78 is 12.6. The zero-order chi connectivity index (χ0) is 12.8. The van der Waals surface area contributed by atoms with Gasteiger partial charge >= 0.3 is 0 Å². The van der Waals surface area contributed by atoms with Crippen molar-refractivity contribution in [3.8, 4) is 0 Å². The summed E-state index contributed by atoms with van der Waals surface area (Å²) in [6.07, 6.45) is 0.318. The predicted octanol–water partition coefficient (Wildman–Crippen LogP) is 1.82. The highest BCUT2D eigenvalue weighted by Crippen LogP contribution is 2.04. The van der Waals surface area contributed by atoms with Crippen molar-refractivity contribution in [3.63, 3.8) is 0 Å². The third kappa shape index (κ3) is 4.95. The Kier molecular flexibility index (Phi) is 5.10. The summed E-state index contributed by atoms with van der Waals surface area (Å²) in [5, 5.41) is 2.76. The maximum absolute atomic E-state index is 12.6. The van der Waals surface area contributed by atoms with E-state index in [1.807, 2.05) is 13.8 Å². The Morgan fingerprint density at radius 2 is 1.94 bits per heavy atom. The van der Waals surface area contributed by atoms with Crippen LogP contribution in [0.1, 0.15) is 25.8 Å². The highest BCUT2D eigenvalue weighted by atomic mass is 19.1. The van der Waals surface area contributed by atoms with Crippen molar-refractivity contribution in [2.45, 2.75) is 32.9 Å². The molecule has 0 aliphatic heterocycles. The van der Waals surface area contributed by atoms with E-state index in [0.29, 0.717) is 13.0 Å². The van der Waals surface area contributed by atoms with Crippen molar-refractivity contribution in [2.75, 3.05) is 0 Å². The van der Waals surface area contributed by atoms with Gasteiger partial charge in [-0.2, -0.15) is 0 Å². The van der Waals surface area contributed by atoms with Gasteiger partial charge in [0.2, 0.25) is 5.91 Å². The number of rotatable bonds is 5. The molecule has 3 nitrogen and oxygen atoms in total. The van der Waals surface area contributed by atoms with E-state index in [-0.39, 0.29) is 23.7 Å². The molecule has 4 heteroatoms. The van der Waals surface area contributed by atoms with Crippen molar-refractivity contribution in [3.05, 3.63) is 35.6 Å². The lowest BCUT2D eigenvalue weighted by molar-refractivity contribution is -0.121. The Morgan fingerprint density at radius 1 is 1.35 bits per heavy atom. The quantitative estimate of drug-likeness (QED) is 0.822. The molecule has 0 fully saturated rings. The van der Waals surface area contributed by atoms with Crippen LogP contribution >= 0.6 is 0 Å². The molecule has 0 saturated heterocycles. The van der Waals surface area contributed by atoms with E-state index < -0.39 is 0 Å². The molecule has 3 N–H and O–H groups in total. The number of nitrogens with two attached hydrogens (primary N) is 1. The van der Waals surface area contributed by atoms with Gasteiger partial charge < -0.3 is 11.1 Å². The van der Waals surface area contributed by atoms with Crippen LogP contribution in [0, 0.1) is 11.7 Å². The Labute approximate surface area is 101 Å². The van der Waals surface area contributed by atoms with Crippen molar-refractivity contribution >= 4 is 5.91 Å². The van der Waals surface area contributed by atoms with Crippen LogP contribution in [0.15, 0.2) is 24.3 Å². The zero-order valence-corrected chi connectivity index (χ0v) is 10.2. The monoisotopic (exact) mass is 238 g/mol. The first kappa shape index (κ1) is 13.6. The largest absolute Gasteiger partial charge is 0.352 e. The van der Waals surface area contributed by atoms with E-state index in [9.17, 15) is 9.18 Å². The van der Waals surface area contributed by atoms with Crippen LogP contribution in [0.3, 0.4) is 0 Å². The van der Waals surface area contributed by atoms with E-state index in [1.54, 1.807) is 12.1 Å². The number of carbonyl (C=O) groups is 1. The molecule has 0 saturated carbocycles. The van der Waals surface area contributed by atoms with Crippen LogP contribution in [0.5, 0.6) is 0 Å². The first-order valence-electron chi connectivity index (χ1n) is 5.75. The normalized spacial score (nSPS) is 12.5. The third-order valence-electron chi connectivity index (χ3n) is 2.68. The van der Waals surface area contributed by atoms with E-state index in [1.165, 1.54) is 12.1 Å². The fraction of sp³-hybridized carbons (Fsp3) is 0.462. The average Bonchev–Trinajstić information content (AvgIpc) is 2.28. The molecule has 0 aliphatic rings. The van der Waals surface area contributed by atoms with Gasteiger partial charge in [0.1, 0.15) is 5.82 Å². The SMILES string of the molecule is CC(C)C(N)CC(=O)NCc1ccc(F)cc1. The highest BCUT2D eigenvalue weighted by Gasteiger charge is 2.12. The molecule has 0 aliphatic carbocycles. The van der Waals surface area contributed by atoms with Crippen LogP contribution in [-0.4, -0.2) is 11.9 Å². The summed E-state index contributed by atoms with van der Waals surface area (Å²) in [7, 11) is 0. The van der Waals surface area contributed by atoms with Gasteiger partial charge in [-0.25, -0.2) is 4.39 Å². The maximum Gasteiger partial charge on any atom is 0.221 e. The lowest BCUT2D eigenvalue weighted by Crippen LogP contribution is -2.34. The number of benzene rings is 1. The van der Waals surface area contributed by atoms with Gasteiger partial charge in [0.25, 0.3) is 0 Å². The van der Waals surface area contributed by atoms with Crippen molar-refractivity contribution < 1.29 is 9.18 Å². The minimum Gasteiger partial charge on any atom is -0.352 e. The molecule has 1 unspecified atom stereocenters. The molecule has 0 aromatic heterocycles. The number of nitrogens with one attached hydrogen (secondary N) is 1. The number of amides is 1. The van der Waals surface area contributed by atoms with Crippen LogP contribution in [0.2, 0.25) is 0 Å². The summed E-state index contributed by atoms with van der Waals surface area (Å²) in [4.78, 5) is 11.5. The van der Waals surface area contributed by atoms with Crippen molar-refractivity contribution in [2.24, 2.45) is 11.7 Å². The summed E-state index contributed by atoms with van der Waals surface area (Å²) in [5.41, 5.74) is 6.67. The average molecular weight is 238 g/mol. The lowest BCUT2D eigenvalue weighted by Gasteiger charge is -2.15. The fourth-order valence-corrected chi connectivity index (χ4v) is 1.32. The van der Waals surface area contributed by atoms with Crippen molar-refractivity contribution in [1.82, 2.24) is 5.32 Å². The fourth-order valence-electron chi connectivity index (χ4n) is 1.32. The molecular weight excluding hydrogens is 219 g/mol. The maximum atomic E-state index is 12.6. The number of carbonyl (C=O) groups excluding carboxylic acids is 1. The molecule has 1 amide bonds. The van der Waals surface area contributed by atoms with Gasteiger partial charge in [0.05, 0.1) is 0 Å². The Hall–Kier alpha value is -1.42. The van der Waals surface area contributed by atoms with Gasteiger partial charge in [-0.15, -0.1) is 0 Å². The van der Waals surface area contributed by atoms with Gasteiger partial charge in [0, 0.05) is 19.0 Å². The summed E-state index contributed by atoms with van der Waals surface area (Å²) in [6.45, 7) is 4.37. The van der Waals surface area contributed by atoms with E-state index in [0.717, 1.165) is 5.56 Å². The zero-order valence-electron chi connectivity index (χ0n) is 10.2. The Balaban J connectivity index is 2.35. The van der Waals surface area contributed by atoms with Gasteiger partial charge in [-0.05, 0) is 23.6 Å². The Morgan fingerprint density at radius 3 is 2.47 bits per heavy atom. The van der Waals surface area contributed by atoms with Crippen molar-refractivity contribution in [1.29, 1.82) is 0 Å². The number of hydrogen-bond acceptors (Lipinski definition) is 2. The molecule has 1 rings (SSSR count). The van der Waals surface area contributed by atoms with E-state index in [4.69, 9.17) is 5.73 Å². The second-order valence-corrected chi connectivity index (χ2v) is 4.52. The van der Waals surface area contributed by atoms with Crippen LogP contribution in [-0.2, 0) is 11.3 Å². The van der Waals surface area contributed by atoms with Gasteiger partial charge in [0.15, 0.2) is 0 Å². The first-order chi connectivity index (χ1) is 7.99. The minimum absolute atomic E-state index is 0.0736. The van der Waals surface area contributed by atoms with E-state index >= 15 is 0 Å². The second kappa shape index (κ2) is 6.35. The molecule has 1 aromatic carbocycles. The molecule has 1 aromatic rings. The smallest absolute Gasteiger partial charge is 0.221 e. The molecule has 0 heterocycles. The summed E-state index contributed by atoms with van der Waals surface area (Å²) in [6, 6.07) is 5.93. The molecule has 17 heavy (non-hydrogen) atoms. The lowest BCUT2D eigenvalue weighted by atomic mass is 10.0. The van der Waals surface area contributed by atoms with Gasteiger partial charge in [-0.1, -0.05) is 26.0 Å². The summed E-state index contributed by atoms with van der Waals surface area (Å²) >= 11 is 0. The van der Waals surface area contributed by atoms with E-state index in [2.05, 4.69) is 5.32 Å². The second-order valence-electron chi connectivity index (χ2n) is 4.52. The molecular formula is C13H19FN2O. The number of hydrogen-bond donors (Lipinski definition) is 2.